The number of nitrogens with zero attached hydrogens (tertiary/aromatic N) is 1. The van der Waals surface area contributed by atoms with E-state index in [1.807, 2.05) is 6.92 Å². The standard InChI is InChI=1S/C6H11NO2/c1-2-8-5-6-3-4-7-9-6/h4,6H,2-3,5H2,1H3. The molecule has 52 valence electrons. The molecule has 0 fully saturated rings. The quantitative estimate of drug-likeness (QED) is 0.564. The average molecular weight is 129 g/mol. The Morgan fingerprint density at radius 2 is 2.78 bits per heavy atom. The molecule has 1 heterocycles. The van der Waals surface area contributed by atoms with Crippen LogP contribution < -0.4 is 0 Å². The van der Waals surface area contributed by atoms with Crippen LogP contribution in [0.2, 0.25) is 0 Å². The summed E-state index contributed by atoms with van der Waals surface area (Å²) in [6.07, 6.45) is 2.83. The number of hydrogen-bond acceptors (Lipinski definition) is 3. The van der Waals surface area contributed by atoms with Gasteiger partial charge in [-0.15, -0.1) is 0 Å². The molecule has 0 bridgehead atoms. The zero-order valence-electron chi connectivity index (χ0n) is 5.54. The maximum Gasteiger partial charge on any atom is 0.155 e. The van der Waals surface area contributed by atoms with Crippen LogP contribution in [0.4, 0.5) is 0 Å². The molecule has 1 aliphatic heterocycles. The van der Waals surface area contributed by atoms with Crippen molar-refractivity contribution in [3.8, 4) is 0 Å². The first kappa shape index (κ1) is 6.55. The highest BCUT2D eigenvalue weighted by molar-refractivity contribution is 5.58. The summed E-state index contributed by atoms with van der Waals surface area (Å²) in [5.41, 5.74) is 0. The Morgan fingerprint density at radius 1 is 1.89 bits per heavy atom. The fourth-order valence-corrected chi connectivity index (χ4v) is 0.681. The fourth-order valence-electron chi connectivity index (χ4n) is 0.681. The van der Waals surface area contributed by atoms with Crippen molar-refractivity contribution < 1.29 is 9.57 Å². The molecule has 0 saturated heterocycles. The van der Waals surface area contributed by atoms with E-state index in [0.717, 1.165) is 13.0 Å². The molecular formula is C6H11NO2. The zero-order chi connectivity index (χ0) is 6.53. The molecule has 1 unspecified atom stereocenters. The lowest BCUT2D eigenvalue weighted by Crippen LogP contribution is -2.13. The molecule has 0 aromatic rings. The van der Waals surface area contributed by atoms with E-state index in [1.54, 1.807) is 6.21 Å². The largest absolute Gasteiger partial charge is 0.390 e. The van der Waals surface area contributed by atoms with Crippen LogP contribution in [0.25, 0.3) is 0 Å². The van der Waals surface area contributed by atoms with Crippen LogP contribution in [0, 0.1) is 0 Å². The van der Waals surface area contributed by atoms with E-state index < -0.39 is 0 Å². The van der Waals surface area contributed by atoms with Gasteiger partial charge in [-0.1, -0.05) is 5.16 Å². The maximum absolute atomic E-state index is 5.11. The van der Waals surface area contributed by atoms with Crippen LogP contribution in [0.3, 0.4) is 0 Å². The molecule has 0 saturated carbocycles. The highest BCUT2D eigenvalue weighted by Crippen LogP contribution is 2.03. The third kappa shape index (κ3) is 2.01. The van der Waals surface area contributed by atoms with E-state index >= 15 is 0 Å². The van der Waals surface area contributed by atoms with Crippen LogP contribution in [0.5, 0.6) is 0 Å². The molecular weight excluding hydrogens is 118 g/mol. The molecule has 0 radical (unpaired) electrons. The van der Waals surface area contributed by atoms with Gasteiger partial charge in [-0.25, -0.2) is 0 Å². The summed E-state index contributed by atoms with van der Waals surface area (Å²) in [4.78, 5) is 4.90. The van der Waals surface area contributed by atoms with Crippen LogP contribution in [0.1, 0.15) is 13.3 Å². The van der Waals surface area contributed by atoms with Crippen molar-refractivity contribution in [3.63, 3.8) is 0 Å². The third-order valence-corrected chi connectivity index (χ3v) is 1.16. The van der Waals surface area contributed by atoms with Crippen molar-refractivity contribution in [2.45, 2.75) is 19.4 Å². The van der Waals surface area contributed by atoms with Crippen molar-refractivity contribution in [3.05, 3.63) is 0 Å². The monoisotopic (exact) mass is 129 g/mol. The van der Waals surface area contributed by atoms with Gasteiger partial charge in [0.15, 0.2) is 6.10 Å². The Morgan fingerprint density at radius 3 is 3.33 bits per heavy atom. The first-order valence-electron chi connectivity index (χ1n) is 3.19. The molecule has 3 heteroatoms. The molecule has 3 nitrogen and oxygen atoms in total. The summed E-state index contributed by atoms with van der Waals surface area (Å²) in [7, 11) is 0. The first-order valence-corrected chi connectivity index (χ1v) is 3.19. The van der Waals surface area contributed by atoms with Gasteiger partial charge in [-0.05, 0) is 6.92 Å². The average Bonchev–Trinajstić information content (AvgIpc) is 2.34. The topological polar surface area (TPSA) is 30.8 Å². The highest BCUT2D eigenvalue weighted by Gasteiger charge is 2.11. The molecule has 1 atom stereocenters. The number of rotatable bonds is 3. The Bertz CT molecular complexity index is 95.2. The zero-order valence-corrected chi connectivity index (χ0v) is 5.54. The second-order valence-electron chi connectivity index (χ2n) is 1.91. The van der Waals surface area contributed by atoms with E-state index in [4.69, 9.17) is 9.57 Å². The minimum Gasteiger partial charge on any atom is -0.390 e. The molecule has 0 aromatic heterocycles. The predicted molar refractivity (Wildman–Crippen MR) is 34.5 cm³/mol. The summed E-state index contributed by atoms with van der Waals surface area (Å²) < 4.78 is 5.11. The lowest BCUT2D eigenvalue weighted by Gasteiger charge is -2.05. The van der Waals surface area contributed by atoms with Crippen LogP contribution in [0.15, 0.2) is 5.16 Å². The molecule has 0 amide bonds. The van der Waals surface area contributed by atoms with Crippen molar-refractivity contribution in [2.75, 3.05) is 13.2 Å². The number of ether oxygens (including phenoxy) is 1. The summed E-state index contributed by atoms with van der Waals surface area (Å²) in [6, 6.07) is 0. The summed E-state index contributed by atoms with van der Waals surface area (Å²) in [6.45, 7) is 3.38. The molecule has 0 N–H and O–H groups in total. The van der Waals surface area contributed by atoms with E-state index in [0.29, 0.717) is 6.61 Å². The minimum absolute atomic E-state index is 0.171. The van der Waals surface area contributed by atoms with Gasteiger partial charge >= 0.3 is 0 Å². The Kier molecular flexibility index (Phi) is 2.51. The van der Waals surface area contributed by atoms with Crippen molar-refractivity contribution in [1.29, 1.82) is 0 Å². The number of hydrogen-bond donors (Lipinski definition) is 0. The van der Waals surface area contributed by atoms with Gasteiger partial charge in [0, 0.05) is 19.2 Å². The normalized spacial score (nSPS) is 24.3. The maximum atomic E-state index is 5.11. The summed E-state index contributed by atoms with van der Waals surface area (Å²) in [5, 5.41) is 3.61. The molecule has 1 rings (SSSR count). The van der Waals surface area contributed by atoms with Gasteiger partial charge in [0.1, 0.15) is 0 Å². The minimum atomic E-state index is 0.171. The third-order valence-electron chi connectivity index (χ3n) is 1.16. The Balaban J connectivity index is 2.01. The van der Waals surface area contributed by atoms with E-state index in [-0.39, 0.29) is 6.10 Å². The highest BCUT2D eigenvalue weighted by atomic mass is 16.7. The van der Waals surface area contributed by atoms with E-state index in [2.05, 4.69) is 5.16 Å². The van der Waals surface area contributed by atoms with Gasteiger partial charge in [0.05, 0.1) is 6.61 Å². The second kappa shape index (κ2) is 3.45. The van der Waals surface area contributed by atoms with Crippen LogP contribution in [-0.4, -0.2) is 25.5 Å². The van der Waals surface area contributed by atoms with Gasteiger partial charge in [-0.2, -0.15) is 0 Å². The van der Waals surface area contributed by atoms with Gasteiger partial charge in [0.25, 0.3) is 0 Å². The lowest BCUT2D eigenvalue weighted by atomic mass is 10.3. The lowest BCUT2D eigenvalue weighted by molar-refractivity contribution is 0.00673. The van der Waals surface area contributed by atoms with Gasteiger partial charge in [0.2, 0.25) is 0 Å². The number of oxime groups is 1. The fraction of sp³-hybridized carbons (Fsp3) is 0.833. The van der Waals surface area contributed by atoms with Crippen molar-refractivity contribution in [2.24, 2.45) is 5.16 Å². The van der Waals surface area contributed by atoms with Crippen molar-refractivity contribution >= 4 is 6.21 Å². The molecule has 0 aromatic carbocycles. The SMILES string of the molecule is CCOCC1CC=NO1. The molecule has 9 heavy (non-hydrogen) atoms. The molecule has 1 aliphatic rings. The second-order valence-corrected chi connectivity index (χ2v) is 1.91. The Labute approximate surface area is 54.6 Å². The first-order chi connectivity index (χ1) is 4.43. The Hall–Kier alpha value is -0.570. The molecule has 0 aliphatic carbocycles. The summed E-state index contributed by atoms with van der Waals surface area (Å²) in [5.74, 6) is 0. The van der Waals surface area contributed by atoms with Crippen molar-refractivity contribution in [1.82, 2.24) is 0 Å². The van der Waals surface area contributed by atoms with E-state index in [1.165, 1.54) is 0 Å². The van der Waals surface area contributed by atoms with Crippen LogP contribution in [-0.2, 0) is 9.57 Å². The smallest absolute Gasteiger partial charge is 0.155 e. The van der Waals surface area contributed by atoms with Gasteiger partial charge < -0.3 is 9.57 Å². The van der Waals surface area contributed by atoms with Gasteiger partial charge in [-0.3, -0.25) is 0 Å². The predicted octanol–water partition coefficient (Wildman–Crippen LogP) is 0.798. The van der Waals surface area contributed by atoms with E-state index in [9.17, 15) is 0 Å². The molecule has 0 spiro atoms. The van der Waals surface area contributed by atoms with Crippen LogP contribution >= 0.6 is 0 Å². The summed E-state index contributed by atoms with van der Waals surface area (Å²) >= 11 is 0.